The summed E-state index contributed by atoms with van der Waals surface area (Å²) < 4.78 is 1.88. The van der Waals surface area contributed by atoms with Crippen LogP contribution in [0.2, 0.25) is 5.02 Å². The molecule has 0 bridgehead atoms. The number of fused-ring (bicyclic) bond motifs is 1. The number of benzene rings is 1. The maximum atomic E-state index is 12.7. The van der Waals surface area contributed by atoms with Crippen molar-refractivity contribution >= 4 is 41.1 Å². The maximum absolute atomic E-state index is 12.7. The third-order valence-electron chi connectivity index (χ3n) is 4.18. The van der Waals surface area contributed by atoms with Gasteiger partial charge in [0.15, 0.2) is 5.65 Å². The first-order chi connectivity index (χ1) is 12.5. The fourth-order valence-electron chi connectivity index (χ4n) is 2.77. The first-order valence-electron chi connectivity index (χ1n) is 8.48. The lowest BCUT2D eigenvalue weighted by atomic mass is 10.2. The highest BCUT2D eigenvalue weighted by molar-refractivity contribution is 6.30. The van der Waals surface area contributed by atoms with Crippen LogP contribution in [0.15, 0.2) is 42.6 Å². The molecule has 1 atom stereocenters. The number of hydrogen-bond acceptors (Lipinski definition) is 4. The predicted molar refractivity (Wildman–Crippen MR) is 115 cm³/mol. The summed E-state index contributed by atoms with van der Waals surface area (Å²) in [4.78, 5) is 23.8. The van der Waals surface area contributed by atoms with E-state index < -0.39 is 6.04 Å². The molecule has 0 saturated heterocycles. The maximum Gasteiger partial charge on any atom is 0.242 e. The van der Waals surface area contributed by atoms with Crippen molar-refractivity contribution in [3.05, 3.63) is 47.6 Å². The molecule has 0 fully saturated rings. The normalized spacial score (nSPS) is 11.6. The van der Waals surface area contributed by atoms with Gasteiger partial charge in [-0.25, -0.2) is 9.97 Å². The third kappa shape index (κ3) is 5.20. The molecule has 0 aliphatic heterocycles. The molecule has 7 nitrogen and oxygen atoms in total. The summed E-state index contributed by atoms with van der Waals surface area (Å²) in [6, 6.07) is 10.7. The summed E-state index contributed by atoms with van der Waals surface area (Å²) in [6.07, 6.45) is 1.71. The Balaban J connectivity index is 0.00000196. The zero-order valence-electron chi connectivity index (χ0n) is 16.0. The number of amides is 1. The summed E-state index contributed by atoms with van der Waals surface area (Å²) >= 11 is 6.01. The van der Waals surface area contributed by atoms with Crippen LogP contribution in [0.4, 0.5) is 0 Å². The summed E-state index contributed by atoms with van der Waals surface area (Å²) in [6.45, 7) is 3.23. The number of hydrogen-bond donors (Lipinski definition) is 1. The highest BCUT2D eigenvalue weighted by atomic mass is 35.5. The van der Waals surface area contributed by atoms with Crippen LogP contribution >= 0.6 is 24.0 Å². The molecule has 152 valence electrons. The third-order valence-corrected chi connectivity index (χ3v) is 4.43. The topological polar surface area (TPSA) is 94.6 Å². The molecule has 1 aromatic carbocycles. The van der Waals surface area contributed by atoms with Gasteiger partial charge >= 0.3 is 0 Å². The molecule has 2 heterocycles. The molecule has 0 saturated carbocycles. The number of nitrogens with zero attached hydrogens (tertiary/aromatic N) is 4. The highest BCUT2D eigenvalue weighted by Crippen LogP contribution is 2.28. The second kappa shape index (κ2) is 10.4. The Labute approximate surface area is 175 Å². The van der Waals surface area contributed by atoms with Crippen LogP contribution in [0.25, 0.3) is 22.6 Å². The van der Waals surface area contributed by atoms with Gasteiger partial charge in [-0.2, -0.15) is 0 Å². The van der Waals surface area contributed by atoms with Gasteiger partial charge in [-0.15, -0.1) is 12.4 Å². The van der Waals surface area contributed by atoms with Crippen LogP contribution in [-0.2, 0) is 4.79 Å². The molecule has 28 heavy (non-hydrogen) atoms. The minimum Gasteiger partial charge on any atom is -0.412 e. The monoisotopic (exact) mass is 425 g/mol. The van der Waals surface area contributed by atoms with Crippen molar-refractivity contribution in [3.8, 4) is 11.4 Å². The number of carbonyl (C=O) groups excluding carboxylic acids is 1. The van der Waals surface area contributed by atoms with Gasteiger partial charge in [0.2, 0.25) is 5.91 Å². The number of likely N-dealkylation sites (N-methyl/N-ethyl adjacent to an activating group) is 1. The number of pyridine rings is 1. The van der Waals surface area contributed by atoms with Crippen LogP contribution < -0.4 is 5.32 Å². The fourth-order valence-corrected chi connectivity index (χ4v) is 2.89. The van der Waals surface area contributed by atoms with Crippen molar-refractivity contribution < 1.29 is 10.3 Å². The smallest absolute Gasteiger partial charge is 0.242 e. The lowest BCUT2D eigenvalue weighted by molar-refractivity contribution is -0.123. The largest absolute Gasteiger partial charge is 0.412 e. The van der Waals surface area contributed by atoms with Gasteiger partial charge in [-0.1, -0.05) is 11.6 Å². The van der Waals surface area contributed by atoms with E-state index in [2.05, 4.69) is 10.3 Å². The van der Waals surface area contributed by atoms with Gasteiger partial charge in [0.05, 0.1) is 0 Å². The zero-order chi connectivity index (χ0) is 18.7. The molecule has 0 unspecified atom stereocenters. The van der Waals surface area contributed by atoms with Crippen molar-refractivity contribution in [3.63, 3.8) is 0 Å². The van der Waals surface area contributed by atoms with Crippen LogP contribution in [0.1, 0.15) is 13.0 Å². The Hall–Kier alpha value is -2.19. The van der Waals surface area contributed by atoms with Gasteiger partial charge in [-0.3, -0.25) is 9.36 Å². The van der Waals surface area contributed by atoms with Crippen molar-refractivity contribution in [2.75, 3.05) is 27.2 Å². The molecular formula is C19H25Cl2N5O2. The first kappa shape index (κ1) is 23.8. The number of halogens is 2. The average Bonchev–Trinajstić information content (AvgIpc) is 3.00. The number of imidazole rings is 1. The van der Waals surface area contributed by atoms with Crippen LogP contribution in [0.5, 0.6) is 0 Å². The summed E-state index contributed by atoms with van der Waals surface area (Å²) in [5.41, 5.74) is 2.33. The van der Waals surface area contributed by atoms with Crippen molar-refractivity contribution in [2.24, 2.45) is 0 Å². The Bertz CT molecular complexity index is 912. The zero-order valence-corrected chi connectivity index (χ0v) is 17.6. The van der Waals surface area contributed by atoms with E-state index >= 15 is 0 Å². The number of nitrogens with one attached hydrogen (secondary N) is 1. The van der Waals surface area contributed by atoms with E-state index in [0.29, 0.717) is 23.0 Å². The second-order valence-electron chi connectivity index (χ2n) is 6.43. The quantitative estimate of drug-likeness (QED) is 0.656. The lowest BCUT2D eigenvalue weighted by Crippen LogP contribution is -2.35. The van der Waals surface area contributed by atoms with Crippen LogP contribution in [0, 0.1) is 0 Å². The molecule has 0 aliphatic rings. The molecule has 9 heteroatoms. The number of rotatable bonds is 6. The van der Waals surface area contributed by atoms with Gasteiger partial charge in [0.1, 0.15) is 17.4 Å². The molecular weight excluding hydrogens is 401 g/mol. The summed E-state index contributed by atoms with van der Waals surface area (Å²) in [5, 5.41) is 3.63. The standard InChI is InChI=1S/C19H22ClN5O.ClH.H2O/c1-13(19(26)22-11-12-24(2)3)25-17(14-6-8-15(20)9-7-14)23-16-5-4-10-21-18(16)25;;/h4-10,13H,11-12H2,1-3H3,(H,22,26);1H;1H2/t13-;;/m0../s1. The van der Waals surface area contributed by atoms with E-state index in [0.717, 1.165) is 17.6 Å². The SMILES string of the molecule is C[C@@H](C(=O)NCCN(C)C)n1c(-c2ccc(Cl)cc2)nc2cccnc21.Cl.O. The van der Waals surface area contributed by atoms with Gasteiger partial charge < -0.3 is 15.7 Å². The Morgan fingerprint density at radius 3 is 2.57 bits per heavy atom. The minimum atomic E-state index is -0.442. The lowest BCUT2D eigenvalue weighted by Gasteiger charge is -2.18. The van der Waals surface area contributed by atoms with E-state index in [4.69, 9.17) is 16.6 Å². The Morgan fingerprint density at radius 2 is 1.93 bits per heavy atom. The molecule has 3 N–H and O–H groups in total. The van der Waals surface area contributed by atoms with E-state index in [1.54, 1.807) is 6.20 Å². The molecule has 0 aliphatic carbocycles. The molecule has 2 aromatic heterocycles. The molecule has 0 spiro atoms. The molecule has 0 radical (unpaired) electrons. The minimum absolute atomic E-state index is 0. The van der Waals surface area contributed by atoms with E-state index in [1.165, 1.54) is 0 Å². The Kier molecular flexibility index (Phi) is 8.84. The van der Waals surface area contributed by atoms with E-state index in [9.17, 15) is 4.79 Å². The first-order valence-corrected chi connectivity index (χ1v) is 8.86. The van der Waals surface area contributed by atoms with Crippen LogP contribution in [0.3, 0.4) is 0 Å². The van der Waals surface area contributed by atoms with Gasteiger partial charge in [0, 0.05) is 29.9 Å². The average molecular weight is 426 g/mol. The van der Waals surface area contributed by atoms with Crippen LogP contribution in [-0.4, -0.2) is 58.0 Å². The number of aromatic nitrogens is 3. The predicted octanol–water partition coefficient (Wildman–Crippen LogP) is 2.59. The molecule has 3 aromatic rings. The number of carbonyl (C=O) groups is 1. The van der Waals surface area contributed by atoms with Crippen molar-refractivity contribution in [1.82, 2.24) is 24.8 Å². The van der Waals surface area contributed by atoms with Crippen molar-refractivity contribution in [1.29, 1.82) is 0 Å². The Morgan fingerprint density at radius 1 is 1.25 bits per heavy atom. The molecule has 1 amide bonds. The van der Waals surface area contributed by atoms with E-state index in [1.807, 2.05) is 66.9 Å². The highest BCUT2D eigenvalue weighted by Gasteiger charge is 2.23. The van der Waals surface area contributed by atoms with Gasteiger partial charge in [0.25, 0.3) is 0 Å². The molecule has 3 rings (SSSR count). The second-order valence-corrected chi connectivity index (χ2v) is 6.87. The summed E-state index contributed by atoms with van der Waals surface area (Å²) in [5.74, 6) is 0.637. The van der Waals surface area contributed by atoms with Crippen molar-refractivity contribution in [2.45, 2.75) is 13.0 Å². The van der Waals surface area contributed by atoms with E-state index in [-0.39, 0.29) is 23.8 Å². The summed E-state index contributed by atoms with van der Waals surface area (Å²) in [7, 11) is 3.95. The van der Waals surface area contributed by atoms with Gasteiger partial charge in [-0.05, 0) is 57.4 Å². The fraction of sp³-hybridized carbons (Fsp3) is 0.316.